The Bertz CT molecular complexity index is 1270. The van der Waals surface area contributed by atoms with Crippen molar-refractivity contribution in [2.75, 3.05) is 40.3 Å². The van der Waals surface area contributed by atoms with Crippen molar-refractivity contribution < 1.29 is 14.3 Å². The van der Waals surface area contributed by atoms with Gasteiger partial charge in [0.2, 0.25) is 0 Å². The summed E-state index contributed by atoms with van der Waals surface area (Å²) >= 11 is 12.6. The van der Waals surface area contributed by atoms with Crippen molar-refractivity contribution >= 4 is 29.1 Å². The smallest absolute Gasteiger partial charge is 0.253 e. The molecule has 0 unspecified atom stereocenters. The maximum absolute atomic E-state index is 13.2. The molecule has 3 aromatic rings. The maximum Gasteiger partial charge on any atom is 0.253 e. The number of halogens is 2. The number of rotatable bonds is 8. The number of hydrogen-bond donors (Lipinski definition) is 0. The molecule has 5 rings (SSSR count). The summed E-state index contributed by atoms with van der Waals surface area (Å²) in [6, 6.07) is 21.7. The Morgan fingerprint density at radius 3 is 2.50 bits per heavy atom. The molecule has 0 aliphatic carbocycles. The van der Waals surface area contributed by atoms with E-state index in [1.165, 1.54) is 11.1 Å². The Morgan fingerprint density at radius 2 is 1.79 bits per heavy atom. The average molecular weight is 554 g/mol. The Kier molecular flexibility index (Phi) is 8.29. The summed E-state index contributed by atoms with van der Waals surface area (Å²) in [6.07, 6.45) is 2.90. The zero-order chi connectivity index (χ0) is 26.7. The van der Waals surface area contributed by atoms with E-state index in [1.807, 2.05) is 37.4 Å². The van der Waals surface area contributed by atoms with E-state index < -0.39 is 0 Å². The highest BCUT2D eigenvalue weighted by molar-refractivity contribution is 6.42. The molecule has 200 valence electrons. The number of benzene rings is 3. The number of amides is 1. The average Bonchev–Trinajstić information content (AvgIpc) is 3.31. The first kappa shape index (κ1) is 27.0. The summed E-state index contributed by atoms with van der Waals surface area (Å²) in [6.45, 7) is 4.21. The fourth-order valence-electron chi connectivity index (χ4n) is 5.77. The van der Waals surface area contributed by atoms with Crippen molar-refractivity contribution in [2.45, 2.75) is 37.4 Å². The van der Waals surface area contributed by atoms with Crippen LogP contribution in [0.5, 0.6) is 5.75 Å². The van der Waals surface area contributed by atoms with E-state index in [0.717, 1.165) is 50.2 Å². The summed E-state index contributed by atoms with van der Waals surface area (Å²) in [5, 5.41) is 1.07. The third-order valence-electron chi connectivity index (χ3n) is 8.06. The molecule has 0 aromatic heterocycles. The van der Waals surface area contributed by atoms with E-state index in [0.29, 0.717) is 28.8 Å². The number of nitrogens with zero attached hydrogens (tertiary/aromatic N) is 2. The van der Waals surface area contributed by atoms with Gasteiger partial charge in [0.25, 0.3) is 5.91 Å². The molecular weight excluding hydrogens is 519 g/mol. The van der Waals surface area contributed by atoms with Gasteiger partial charge in [0.05, 0.1) is 29.4 Å². The number of likely N-dealkylation sites (N-methyl/N-ethyl adjacent to an activating group) is 1. The van der Waals surface area contributed by atoms with E-state index in [1.54, 1.807) is 24.1 Å². The van der Waals surface area contributed by atoms with Crippen LogP contribution in [-0.4, -0.2) is 56.0 Å². The predicted molar refractivity (Wildman–Crippen MR) is 152 cm³/mol. The van der Waals surface area contributed by atoms with Crippen LogP contribution in [0.2, 0.25) is 10.0 Å². The SMILES string of the molecule is COc1ccc(C(=O)N(C)C[C@@H](CCN2CCC3(CC2)OCc2ccccc23)c2ccc(Cl)c(Cl)c2)cc1. The number of carbonyl (C=O) groups is 1. The second-order valence-electron chi connectivity index (χ2n) is 10.4. The van der Waals surface area contributed by atoms with Gasteiger partial charge in [-0.25, -0.2) is 0 Å². The van der Waals surface area contributed by atoms with Crippen LogP contribution in [0.1, 0.15) is 52.2 Å². The van der Waals surface area contributed by atoms with Crippen LogP contribution in [0.15, 0.2) is 66.7 Å². The topological polar surface area (TPSA) is 42.0 Å². The molecule has 2 aliphatic heterocycles. The molecule has 1 spiro atoms. The van der Waals surface area contributed by atoms with E-state index in [2.05, 4.69) is 29.2 Å². The lowest BCUT2D eigenvalue weighted by Gasteiger charge is -2.40. The van der Waals surface area contributed by atoms with Gasteiger partial charge < -0.3 is 19.3 Å². The first-order valence-electron chi connectivity index (χ1n) is 13.2. The Hall–Kier alpha value is -2.57. The molecule has 38 heavy (non-hydrogen) atoms. The zero-order valence-electron chi connectivity index (χ0n) is 22.0. The molecule has 1 atom stereocenters. The highest BCUT2D eigenvalue weighted by Gasteiger charge is 2.42. The minimum Gasteiger partial charge on any atom is -0.497 e. The lowest BCUT2D eigenvalue weighted by Crippen LogP contribution is -2.43. The van der Waals surface area contributed by atoms with Gasteiger partial charge in [-0.05, 0) is 78.9 Å². The summed E-state index contributed by atoms with van der Waals surface area (Å²) in [5.41, 5.74) is 4.29. The minimum atomic E-state index is -0.138. The van der Waals surface area contributed by atoms with Crippen LogP contribution in [-0.2, 0) is 16.9 Å². The number of piperidine rings is 1. The van der Waals surface area contributed by atoms with Gasteiger partial charge in [-0.1, -0.05) is 53.5 Å². The van der Waals surface area contributed by atoms with Crippen molar-refractivity contribution in [3.05, 3.63) is 99.0 Å². The molecule has 0 bridgehead atoms. The molecule has 0 radical (unpaired) electrons. The molecule has 0 saturated carbocycles. The van der Waals surface area contributed by atoms with Crippen LogP contribution in [0.25, 0.3) is 0 Å². The monoisotopic (exact) mass is 552 g/mol. The second kappa shape index (κ2) is 11.7. The second-order valence-corrected chi connectivity index (χ2v) is 11.2. The van der Waals surface area contributed by atoms with Crippen molar-refractivity contribution in [1.82, 2.24) is 9.80 Å². The van der Waals surface area contributed by atoms with Crippen LogP contribution < -0.4 is 4.74 Å². The lowest BCUT2D eigenvalue weighted by molar-refractivity contribution is -0.0790. The number of fused-ring (bicyclic) bond motifs is 2. The third-order valence-corrected chi connectivity index (χ3v) is 8.80. The molecular formula is C31H34Cl2N2O3. The van der Waals surface area contributed by atoms with E-state index >= 15 is 0 Å². The fraction of sp³-hybridized carbons (Fsp3) is 0.387. The predicted octanol–water partition coefficient (Wildman–Crippen LogP) is 6.77. The van der Waals surface area contributed by atoms with Crippen LogP contribution >= 0.6 is 23.2 Å². The normalized spacial score (nSPS) is 17.3. The summed E-state index contributed by atoms with van der Waals surface area (Å²) in [4.78, 5) is 17.5. The van der Waals surface area contributed by atoms with Gasteiger partial charge in [-0.15, -0.1) is 0 Å². The number of methoxy groups -OCH3 is 1. The molecule has 2 aliphatic rings. The molecule has 2 heterocycles. The number of hydrogen-bond acceptors (Lipinski definition) is 4. The largest absolute Gasteiger partial charge is 0.497 e. The van der Waals surface area contributed by atoms with Crippen LogP contribution in [0.3, 0.4) is 0 Å². The van der Waals surface area contributed by atoms with E-state index in [-0.39, 0.29) is 17.4 Å². The lowest BCUT2D eigenvalue weighted by atomic mass is 9.83. The fourth-order valence-corrected chi connectivity index (χ4v) is 6.08. The van der Waals surface area contributed by atoms with Crippen LogP contribution in [0, 0.1) is 0 Å². The van der Waals surface area contributed by atoms with Gasteiger partial charge in [0, 0.05) is 38.2 Å². The summed E-state index contributed by atoms with van der Waals surface area (Å²) in [5.74, 6) is 0.832. The summed E-state index contributed by atoms with van der Waals surface area (Å²) in [7, 11) is 3.48. The van der Waals surface area contributed by atoms with E-state index in [4.69, 9.17) is 32.7 Å². The van der Waals surface area contributed by atoms with E-state index in [9.17, 15) is 4.79 Å². The third kappa shape index (κ3) is 5.72. The number of ether oxygens (including phenoxy) is 2. The molecule has 1 amide bonds. The van der Waals surface area contributed by atoms with Gasteiger partial charge in [-0.2, -0.15) is 0 Å². The number of carbonyl (C=O) groups excluding carboxylic acids is 1. The standard InChI is InChI=1S/C31H34Cl2N2O3/c1-34(30(36)22-7-10-26(37-2)11-8-22)20-24(23-9-12-28(32)29(33)19-23)13-16-35-17-14-31(15-18-35)27-6-4-3-5-25(27)21-38-31/h3-12,19,24H,13-18,20-21H2,1-2H3/t24-/m1/s1. The highest BCUT2D eigenvalue weighted by Crippen LogP contribution is 2.44. The van der Waals surface area contributed by atoms with Gasteiger partial charge >= 0.3 is 0 Å². The molecule has 0 N–H and O–H groups in total. The molecule has 7 heteroatoms. The molecule has 1 fully saturated rings. The zero-order valence-corrected chi connectivity index (χ0v) is 23.5. The van der Waals surface area contributed by atoms with Crippen LogP contribution in [0.4, 0.5) is 0 Å². The Labute approximate surface area is 235 Å². The quantitative estimate of drug-likeness (QED) is 0.309. The van der Waals surface area contributed by atoms with Gasteiger partial charge in [0.1, 0.15) is 5.75 Å². The highest BCUT2D eigenvalue weighted by atomic mass is 35.5. The Balaban J connectivity index is 1.25. The van der Waals surface area contributed by atoms with Crippen molar-refractivity contribution in [2.24, 2.45) is 0 Å². The number of likely N-dealkylation sites (tertiary alicyclic amines) is 1. The maximum atomic E-state index is 13.2. The first-order valence-corrected chi connectivity index (χ1v) is 13.9. The van der Waals surface area contributed by atoms with Gasteiger partial charge in [-0.3, -0.25) is 4.79 Å². The summed E-state index contributed by atoms with van der Waals surface area (Å²) < 4.78 is 11.6. The molecule has 5 nitrogen and oxygen atoms in total. The van der Waals surface area contributed by atoms with Crippen molar-refractivity contribution in [3.8, 4) is 5.75 Å². The first-order chi connectivity index (χ1) is 18.4. The molecule has 1 saturated heterocycles. The molecule has 3 aromatic carbocycles. The van der Waals surface area contributed by atoms with Crippen molar-refractivity contribution in [3.63, 3.8) is 0 Å². The minimum absolute atomic E-state index is 0.0188. The van der Waals surface area contributed by atoms with Crippen molar-refractivity contribution in [1.29, 1.82) is 0 Å². The Morgan fingerprint density at radius 1 is 1.05 bits per heavy atom. The van der Waals surface area contributed by atoms with Gasteiger partial charge in [0.15, 0.2) is 0 Å².